The molecule has 3 unspecified atom stereocenters. The molecule has 1 aliphatic carbocycles. The Morgan fingerprint density at radius 2 is 2.05 bits per heavy atom. The number of hydrogen-bond acceptors (Lipinski definition) is 3. The number of nitrogens with zero attached hydrogens (tertiary/aromatic N) is 1. The second-order valence-electron chi connectivity index (χ2n) is 7.42. The van der Waals surface area contributed by atoms with Gasteiger partial charge in [0.25, 0.3) is 0 Å². The van der Waals surface area contributed by atoms with Crippen molar-refractivity contribution in [2.45, 2.75) is 39.3 Å². The van der Waals surface area contributed by atoms with Crippen molar-refractivity contribution in [3.63, 3.8) is 0 Å². The summed E-state index contributed by atoms with van der Waals surface area (Å²) in [6.45, 7) is 10.3. The van der Waals surface area contributed by atoms with E-state index >= 15 is 0 Å². The van der Waals surface area contributed by atoms with E-state index in [4.69, 9.17) is 9.47 Å². The van der Waals surface area contributed by atoms with E-state index in [2.05, 4.69) is 36.4 Å². The Labute approximate surface area is 121 Å². The van der Waals surface area contributed by atoms with Gasteiger partial charge < -0.3 is 20.1 Å². The van der Waals surface area contributed by atoms with Crippen LogP contribution in [0.2, 0.25) is 0 Å². The Hall–Kier alpha value is -0.810. The molecule has 1 saturated carbocycles. The van der Waals surface area contributed by atoms with Crippen molar-refractivity contribution in [2.75, 3.05) is 33.4 Å². The summed E-state index contributed by atoms with van der Waals surface area (Å²) in [7, 11) is 1.84. The molecule has 0 aromatic carbocycles. The van der Waals surface area contributed by atoms with Crippen molar-refractivity contribution < 1.29 is 9.47 Å². The Morgan fingerprint density at radius 1 is 1.30 bits per heavy atom. The molecule has 20 heavy (non-hydrogen) atoms. The summed E-state index contributed by atoms with van der Waals surface area (Å²) >= 11 is 0. The van der Waals surface area contributed by atoms with Crippen LogP contribution < -0.4 is 10.6 Å². The van der Waals surface area contributed by atoms with Crippen LogP contribution >= 0.6 is 0 Å². The molecule has 0 bridgehead atoms. The molecule has 3 rings (SSSR count). The highest BCUT2D eigenvalue weighted by molar-refractivity contribution is 5.80. The maximum atomic E-state index is 5.84. The lowest BCUT2D eigenvalue weighted by Crippen LogP contribution is -2.68. The molecule has 114 valence electrons. The zero-order chi connectivity index (χ0) is 14.4. The van der Waals surface area contributed by atoms with E-state index in [-0.39, 0.29) is 10.8 Å². The molecule has 3 atom stereocenters. The van der Waals surface area contributed by atoms with Gasteiger partial charge in [0.15, 0.2) is 5.96 Å². The smallest absolute Gasteiger partial charge is 0.191 e. The summed E-state index contributed by atoms with van der Waals surface area (Å²) in [5.41, 5.74) is 0.439. The molecular weight excluding hydrogens is 254 g/mol. The van der Waals surface area contributed by atoms with Gasteiger partial charge in [-0.2, -0.15) is 0 Å². The Morgan fingerprint density at radius 3 is 2.65 bits per heavy atom. The average molecular weight is 281 g/mol. The van der Waals surface area contributed by atoms with Crippen LogP contribution in [0.4, 0.5) is 0 Å². The number of aliphatic imine (C=N–C) groups is 1. The number of ether oxygens (including phenoxy) is 2. The Bertz CT molecular complexity index is 404. The van der Waals surface area contributed by atoms with E-state index in [1.807, 2.05) is 7.05 Å². The molecule has 0 amide bonds. The van der Waals surface area contributed by atoms with Crippen molar-refractivity contribution in [3.8, 4) is 0 Å². The van der Waals surface area contributed by atoms with Crippen molar-refractivity contribution in [3.05, 3.63) is 0 Å². The zero-order valence-electron chi connectivity index (χ0n) is 13.0. The first kappa shape index (κ1) is 14.1. The third-order valence-corrected chi connectivity index (χ3v) is 5.20. The fourth-order valence-corrected chi connectivity index (χ4v) is 3.81. The van der Waals surface area contributed by atoms with Crippen molar-refractivity contribution in [2.24, 2.45) is 21.7 Å². The average Bonchev–Trinajstić information content (AvgIpc) is 2.83. The van der Waals surface area contributed by atoms with Crippen LogP contribution in [0.25, 0.3) is 0 Å². The molecule has 2 aliphatic heterocycles. The summed E-state index contributed by atoms with van der Waals surface area (Å²) in [5.74, 6) is 1.53. The van der Waals surface area contributed by atoms with Crippen molar-refractivity contribution in [1.82, 2.24) is 10.6 Å². The van der Waals surface area contributed by atoms with E-state index < -0.39 is 0 Å². The SMILES string of the molecule is CN=C(NCC1(C)COC1)NC1C2CCOC2C1(C)C. The van der Waals surface area contributed by atoms with Gasteiger partial charge in [-0.25, -0.2) is 0 Å². The molecule has 0 radical (unpaired) electrons. The van der Waals surface area contributed by atoms with Gasteiger partial charge in [0.2, 0.25) is 0 Å². The molecule has 2 N–H and O–H groups in total. The van der Waals surface area contributed by atoms with Gasteiger partial charge in [0, 0.05) is 43.0 Å². The fraction of sp³-hybridized carbons (Fsp3) is 0.933. The van der Waals surface area contributed by atoms with Crippen LogP contribution in [0.5, 0.6) is 0 Å². The third-order valence-electron chi connectivity index (χ3n) is 5.20. The molecule has 2 heterocycles. The number of guanidine groups is 1. The van der Waals surface area contributed by atoms with Crippen LogP contribution in [0.15, 0.2) is 4.99 Å². The van der Waals surface area contributed by atoms with E-state index in [0.717, 1.165) is 38.7 Å². The van der Waals surface area contributed by atoms with Gasteiger partial charge in [-0.05, 0) is 6.42 Å². The lowest BCUT2D eigenvalue weighted by molar-refractivity contribution is -0.107. The minimum atomic E-state index is 0.183. The summed E-state index contributed by atoms with van der Waals surface area (Å²) in [4.78, 5) is 4.36. The van der Waals surface area contributed by atoms with Crippen LogP contribution in [0.3, 0.4) is 0 Å². The molecule has 5 heteroatoms. The Kier molecular flexibility index (Phi) is 3.45. The highest BCUT2D eigenvalue weighted by Gasteiger charge is 2.59. The molecule has 0 aromatic rings. The first-order chi connectivity index (χ1) is 9.46. The second kappa shape index (κ2) is 4.88. The predicted molar refractivity (Wildman–Crippen MR) is 78.8 cm³/mol. The highest BCUT2D eigenvalue weighted by atomic mass is 16.5. The van der Waals surface area contributed by atoms with E-state index in [1.165, 1.54) is 0 Å². The largest absolute Gasteiger partial charge is 0.380 e. The van der Waals surface area contributed by atoms with Gasteiger partial charge in [-0.3, -0.25) is 4.99 Å². The van der Waals surface area contributed by atoms with Gasteiger partial charge in [-0.15, -0.1) is 0 Å². The first-order valence-corrected chi connectivity index (χ1v) is 7.63. The Balaban J connectivity index is 1.55. The monoisotopic (exact) mass is 281 g/mol. The maximum absolute atomic E-state index is 5.84. The van der Waals surface area contributed by atoms with Gasteiger partial charge in [0.05, 0.1) is 19.3 Å². The highest BCUT2D eigenvalue weighted by Crippen LogP contribution is 2.52. The molecule has 0 aromatic heterocycles. The summed E-state index contributed by atoms with van der Waals surface area (Å²) < 4.78 is 11.1. The normalized spacial score (nSPS) is 37.6. The topological polar surface area (TPSA) is 54.9 Å². The van der Waals surface area contributed by atoms with Crippen molar-refractivity contribution in [1.29, 1.82) is 0 Å². The van der Waals surface area contributed by atoms with Crippen LogP contribution in [-0.4, -0.2) is 51.5 Å². The van der Waals surface area contributed by atoms with Crippen LogP contribution in [-0.2, 0) is 9.47 Å². The molecule has 3 fully saturated rings. The maximum Gasteiger partial charge on any atom is 0.191 e. The first-order valence-electron chi connectivity index (χ1n) is 7.63. The number of fused-ring (bicyclic) bond motifs is 1. The zero-order valence-corrected chi connectivity index (χ0v) is 13.0. The second-order valence-corrected chi connectivity index (χ2v) is 7.42. The minimum absolute atomic E-state index is 0.183. The summed E-state index contributed by atoms with van der Waals surface area (Å²) in [6.07, 6.45) is 1.57. The van der Waals surface area contributed by atoms with Crippen LogP contribution in [0.1, 0.15) is 27.2 Å². The minimum Gasteiger partial charge on any atom is -0.380 e. The van der Waals surface area contributed by atoms with E-state index in [9.17, 15) is 0 Å². The standard InChI is InChI=1S/C15H27N3O2/c1-14(2)11(10-5-6-20-12(10)14)18-13(16-4)17-7-15(3)8-19-9-15/h10-12H,5-9H2,1-4H3,(H2,16,17,18). The quantitative estimate of drug-likeness (QED) is 0.599. The third kappa shape index (κ3) is 2.21. The van der Waals surface area contributed by atoms with E-state index in [1.54, 1.807) is 0 Å². The van der Waals surface area contributed by atoms with Gasteiger partial charge >= 0.3 is 0 Å². The molecule has 0 spiro atoms. The number of nitrogens with one attached hydrogen (secondary N) is 2. The predicted octanol–water partition coefficient (Wildman–Crippen LogP) is 1.00. The van der Waals surface area contributed by atoms with Crippen LogP contribution in [0, 0.1) is 16.7 Å². The lowest BCUT2D eigenvalue weighted by atomic mass is 9.57. The van der Waals surface area contributed by atoms with Gasteiger partial charge in [0.1, 0.15) is 0 Å². The summed E-state index contributed by atoms with van der Waals surface area (Å²) in [6, 6.07) is 0.451. The molecule has 2 saturated heterocycles. The van der Waals surface area contributed by atoms with E-state index in [0.29, 0.717) is 18.1 Å². The number of rotatable bonds is 3. The molecular formula is C15H27N3O2. The fourth-order valence-electron chi connectivity index (χ4n) is 3.81. The van der Waals surface area contributed by atoms with Gasteiger partial charge in [-0.1, -0.05) is 20.8 Å². The summed E-state index contributed by atoms with van der Waals surface area (Å²) in [5, 5.41) is 7.05. The lowest BCUT2D eigenvalue weighted by Gasteiger charge is -2.55. The number of hydrogen-bond donors (Lipinski definition) is 2. The van der Waals surface area contributed by atoms with Crippen molar-refractivity contribution >= 4 is 5.96 Å². The molecule has 5 nitrogen and oxygen atoms in total. The molecule has 3 aliphatic rings.